The summed E-state index contributed by atoms with van der Waals surface area (Å²) in [5.74, 6) is 0.00967. The summed E-state index contributed by atoms with van der Waals surface area (Å²) in [6.07, 6.45) is 0.813. The Balaban J connectivity index is 2.08. The Morgan fingerprint density at radius 2 is 2.40 bits per heavy atom. The number of rotatable bonds is 6. The number of hydrogen-bond donors (Lipinski definition) is 2. The number of nitrogens with one attached hydrogen (secondary N) is 1. The van der Waals surface area contributed by atoms with Crippen LogP contribution in [0, 0.1) is 5.92 Å². The van der Waals surface area contributed by atoms with Crippen molar-refractivity contribution in [1.29, 1.82) is 0 Å². The van der Waals surface area contributed by atoms with Crippen molar-refractivity contribution in [2.45, 2.75) is 19.4 Å². The van der Waals surface area contributed by atoms with Gasteiger partial charge in [0.15, 0.2) is 0 Å². The first-order valence-corrected chi connectivity index (χ1v) is 5.33. The molecule has 1 heterocycles. The average molecular weight is 217 g/mol. The SMILES string of the molecule is CC1OCCC1C(=O)NCCOCCO. The highest BCUT2D eigenvalue weighted by molar-refractivity contribution is 5.79. The van der Waals surface area contributed by atoms with Crippen LogP contribution in [0.15, 0.2) is 0 Å². The summed E-state index contributed by atoms with van der Waals surface area (Å²) in [6.45, 7) is 3.84. The number of carbonyl (C=O) groups excluding carboxylic acids is 1. The standard InChI is InChI=1S/C10H19NO4/c1-8-9(2-5-15-8)10(13)11-3-6-14-7-4-12/h8-9,12H,2-7H2,1H3,(H,11,13). The lowest BCUT2D eigenvalue weighted by atomic mass is 10.0. The van der Waals surface area contributed by atoms with Crippen molar-refractivity contribution in [1.82, 2.24) is 5.32 Å². The largest absolute Gasteiger partial charge is 0.394 e. The van der Waals surface area contributed by atoms with Gasteiger partial charge in [0, 0.05) is 13.2 Å². The van der Waals surface area contributed by atoms with E-state index in [0.29, 0.717) is 26.4 Å². The van der Waals surface area contributed by atoms with Crippen LogP contribution in [0.4, 0.5) is 0 Å². The third-order valence-electron chi connectivity index (χ3n) is 2.49. The molecule has 0 aliphatic carbocycles. The molecule has 2 atom stereocenters. The number of hydrogen-bond acceptors (Lipinski definition) is 4. The second-order valence-corrected chi connectivity index (χ2v) is 3.60. The molecule has 1 saturated heterocycles. The van der Waals surface area contributed by atoms with Crippen LogP contribution in [0.2, 0.25) is 0 Å². The summed E-state index contributed by atoms with van der Waals surface area (Å²) in [4.78, 5) is 11.6. The highest BCUT2D eigenvalue weighted by Crippen LogP contribution is 2.20. The lowest BCUT2D eigenvalue weighted by Gasteiger charge is -2.13. The molecule has 0 radical (unpaired) electrons. The van der Waals surface area contributed by atoms with Crippen LogP contribution in [0.3, 0.4) is 0 Å². The maximum atomic E-state index is 11.6. The Labute approximate surface area is 89.8 Å². The third kappa shape index (κ3) is 4.15. The number of amides is 1. The van der Waals surface area contributed by atoms with Gasteiger partial charge in [0.1, 0.15) is 0 Å². The summed E-state index contributed by atoms with van der Waals surface area (Å²) < 4.78 is 10.3. The molecule has 1 aliphatic rings. The van der Waals surface area contributed by atoms with E-state index in [0.717, 1.165) is 6.42 Å². The van der Waals surface area contributed by atoms with E-state index in [1.807, 2.05) is 6.92 Å². The van der Waals surface area contributed by atoms with Crippen LogP contribution in [-0.2, 0) is 14.3 Å². The Morgan fingerprint density at radius 3 is 3.00 bits per heavy atom. The monoisotopic (exact) mass is 217 g/mol. The lowest BCUT2D eigenvalue weighted by molar-refractivity contribution is -0.126. The fourth-order valence-corrected chi connectivity index (χ4v) is 1.62. The van der Waals surface area contributed by atoms with Crippen molar-refractivity contribution < 1.29 is 19.4 Å². The van der Waals surface area contributed by atoms with E-state index in [1.165, 1.54) is 0 Å². The molecule has 2 unspecified atom stereocenters. The fraction of sp³-hybridized carbons (Fsp3) is 0.900. The summed E-state index contributed by atoms with van der Waals surface area (Å²) in [5, 5.41) is 11.2. The highest BCUT2D eigenvalue weighted by Gasteiger charge is 2.30. The van der Waals surface area contributed by atoms with Gasteiger partial charge in [0.2, 0.25) is 5.91 Å². The lowest BCUT2D eigenvalue weighted by Crippen LogP contribution is -2.36. The van der Waals surface area contributed by atoms with Crippen molar-refractivity contribution in [3.8, 4) is 0 Å². The summed E-state index contributed by atoms with van der Waals surface area (Å²) in [5.41, 5.74) is 0. The quantitative estimate of drug-likeness (QED) is 0.591. The van der Waals surface area contributed by atoms with Gasteiger partial charge < -0.3 is 19.9 Å². The molecule has 0 aromatic heterocycles. The fourth-order valence-electron chi connectivity index (χ4n) is 1.62. The predicted molar refractivity (Wildman–Crippen MR) is 54.4 cm³/mol. The third-order valence-corrected chi connectivity index (χ3v) is 2.49. The van der Waals surface area contributed by atoms with Crippen molar-refractivity contribution in [2.24, 2.45) is 5.92 Å². The second kappa shape index (κ2) is 6.76. The molecule has 5 nitrogen and oxygen atoms in total. The number of ether oxygens (including phenoxy) is 2. The van der Waals surface area contributed by atoms with Gasteiger partial charge in [0.25, 0.3) is 0 Å². The van der Waals surface area contributed by atoms with E-state index < -0.39 is 0 Å². The molecule has 88 valence electrons. The van der Waals surface area contributed by atoms with E-state index in [2.05, 4.69) is 5.32 Å². The topological polar surface area (TPSA) is 67.8 Å². The van der Waals surface area contributed by atoms with Crippen LogP contribution in [0.1, 0.15) is 13.3 Å². The van der Waals surface area contributed by atoms with E-state index >= 15 is 0 Å². The molecule has 0 spiro atoms. The van der Waals surface area contributed by atoms with Crippen LogP contribution >= 0.6 is 0 Å². The Morgan fingerprint density at radius 1 is 1.60 bits per heavy atom. The van der Waals surface area contributed by atoms with E-state index in [9.17, 15) is 4.79 Å². The average Bonchev–Trinajstić information content (AvgIpc) is 2.64. The first-order valence-electron chi connectivity index (χ1n) is 5.33. The molecule has 0 bridgehead atoms. The summed E-state index contributed by atoms with van der Waals surface area (Å²) >= 11 is 0. The molecule has 1 aliphatic heterocycles. The van der Waals surface area contributed by atoms with Crippen molar-refractivity contribution >= 4 is 5.91 Å². The van der Waals surface area contributed by atoms with E-state index in [4.69, 9.17) is 14.6 Å². The van der Waals surface area contributed by atoms with Gasteiger partial charge in [0.05, 0.1) is 31.8 Å². The first kappa shape index (κ1) is 12.4. The van der Waals surface area contributed by atoms with Crippen LogP contribution in [-0.4, -0.2) is 50.1 Å². The van der Waals surface area contributed by atoms with Crippen molar-refractivity contribution in [3.05, 3.63) is 0 Å². The normalized spacial score (nSPS) is 25.5. The van der Waals surface area contributed by atoms with Crippen LogP contribution in [0.25, 0.3) is 0 Å². The van der Waals surface area contributed by atoms with Gasteiger partial charge in [-0.05, 0) is 13.3 Å². The van der Waals surface area contributed by atoms with Crippen molar-refractivity contribution in [3.63, 3.8) is 0 Å². The molecular formula is C10H19NO4. The molecule has 2 N–H and O–H groups in total. The van der Waals surface area contributed by atoms with Gasteiger partial charge in [-0.1, -0.05) is 0 Å². The zero-order chi connectivity index (χ0) is 11.1. The number of aliphatic hydroxyl groups excluding tert-OH is 1. The summed E-state index contributed by atoms with van der Waals surface area (Å²) in [6, 6.07) is 0. The minimum absolute atomic E-state index is 0.0153. The summed E-state index contributed by atoms with van der Waals surface area (Å²) in [7, 11) is 0. The smallest absolute Gasteiger partial charge is 0.225 e. The second-order valence-electron chi connectivity index (χ2n) is 3.60. The van der Waals surface area contributed by atoms with Crippen LogP contribution in [0.5, 0.6) is 0 Å². The number of carbonyl (C=O) groups is 1. The number of aliphatic hydroxyl groups is 1. The Kier molecular flexibility index (Phi) is 5.60. The molecule has 1 amide bonds. The molecule has 15 heavy (non-hydrogen) atoms. The molecule has 1 rings (SSSR count). The highest BCUT2D eigenvalue weighted by atomic mass is 16.5. The van der Waals surface area contributed by atoms with E-state index in [-0.39, 0.29) is 24.5 Å². The zero-order valence-electron chi connectivity index (χ0n) is 9.07. The van der Waals surface area contributed by atoms with Gasteiger partial charge in [-0.2, -0.15) is 0 Å². The van der Waals surface area contributed by atoms with Crippen LogP contribution < -0.4 is 5.32 Å². The van der Waals surface area contributed by atoms with E-state index in [1.54, 1.807) is 0 Å². The Hall–Kier alpha value is -0.650. The molecule has 0 saturated carbocycles. The molecule has 5 heteroatoms. The van der Waals surface area contributed by atoms with Crippen molar-refractivity contribution in [2.75, 3.05) is 33.0 Å². The maximum absolute atomic E-state index is 11.6. The first-order chi connectivity index (χ1) is 7.25. The van der Waals surface area contributed by atoms with Gasteiger partial charge >= 0.3 is 0 Å². The molecular weight excluding hydrogens is 198 g/mol. The maximum Gasteiger partial charge on any atom is 0.225 e. The Bertz CT molecular complexity index is 198. The predicted octanol–water partition coefficient (Wildman–Crippen LogP) is -0.463. The zero-order valence-corrected chi connectivity index (χ0v) is 9.07. The minimum Gasteiger partial charge on any atom is -0.394 e. The minimum atomic E-state index is -0.0251. The molecule has 0 aromatic rings. The molecule has 0 aromatic carbocycles. The van der Waals surface area contributed by atoms with Gasteiger partial charge in [-0.3, -0.25) is 4.79 Å². The van der Waals surface area contributed by atoms with Gasteiger partial charge in [-0.15, -0.1) is 0 Å². The molecule has 1 fully saturated rings. The van der Waals surface area contributed by atoms with Gasteiger partial charge in [-0.25, -0.2) is 0 Å².